The summed E-state index contributed by atoms with van der Waals surface area (Å²) in [5, 5.41) is 14.1. The van der Waals surface area contributed by atoms with Crippen LogP contribution in [0.15, 0.2) is 57.7 Å². The smallest absolute Gasteiger partial charge is 0.373 e. The molecule has 0 aliphatic heterocycles. The van der Waals surface area contributed by atoms with Gasteiger partial charge in [0.15, 0.2) is 0 Å². The molecule has 26 heavy (non-hydrogen) atoms. The molecule has 1 N–H and O–H groups in total. The van der Waals surface area contributed by atoms with Crippen LogP contribution in [-0.4, -0.2) is 14.9 Å². The van der Waals surface area contributed by atoms with Crippen LogP contribution in [0.3, 0.4) is 0 Å². The lowest BCUT2D eigenvalue weighted by molar-refractivity contribution is -0.385. The van der Waals surface area contributed by atoms with Gasteiger partial charge in [0.25, 0.3) is 0 Å². The molecule has 2 aromatic carbocycles. The van der Waals surface area contributed by atoms with Gasteiger partial charge in [-0.25, -0.2) is 9.37 Å². The summed E-state index contributed by atoms with van der Waals surface area (Å²) in [6.07, 6.45) is 1.10. The van der Waals surface area contributed by atoms with Crippen LogP contribution in [0.1, 0.15) is 0 Å². The molecular weight excluding hydrogens is 475 g/mol. The first-order valence-corrected chi connectivity index (χ1v) is 8.67. The highest BCUT2D eigenvalue weighted by Crippen LogP contribution is 2.36. The topological polar surface area (TPSA) is 90.2 Å². The van der Waals surface area contributed by atoms with Crippen LogP contribution >= 0.6 is 31.9 Å². The molecule has 0 radical (unpaired) electrons. The Hall–Kier alpha value is -2.59. The second-order valence-corrected chi connectivity index (χ2v) is 6.77. The van der Waals surface area contributed by atoms with Crippen LogP contribution in [0.25, 0.3) is 0 Å². The first kappa shape index (κ1) is 18.2. The second-order valence-electron chi connectivity index (χ2n) is 4.94. The van der Waals surface area contributed by atoms with E-state index in [-0.39, 0.29) is 17.4 Å². The molecule has 1 aromatic heterocycles. The van der Waals surface area contributed by atoms with E-state index in [1.54, 1.807) is 30.3 Å². The molecule has 3 rings (SSSR count). The van der Waals surface area contributed by atoms with Crippen molar-refractivity contribution in [1.82, 2.24) is 9.97 Å². The normalized spacial score (nSPS) is 10.4. The predicted molar refractivity (Wildman–Crippen MR) is 100 cm³/mol. The number of ether oxygens (including phenoxy) is 1. The largest absolute Gasteiger partial charge is 0.434 e. The number of nitrogens with one attached hydrogen (secondary N) is 1. The lowest BCUT2D eigenvalue weighted by Gasteiger charge is -2.10. The number of hydrogen-bond acceptors (Lipinski definition) is 6. The van der Waals surface area contributed by atoms with Crippen molar-refractivity contribution in [3.63, 3.8) is 0 Å². The van der Waals surface area contributed by atoms with Gasteiger partial charge in [0.2, 0.25) is 5.82 Å². The number of hydrogen-bond donors (Lipinski definition) is 1. The van der Waals surface area contributed by atoms with Crippen molar-refractivity contribution in [2.45, 2.75) is 0 Å². The maximum absolute atomic E-state index is 14.0. The van der Waals surface area contributed by atoms with Crippen molar-refractivity contribution < 1.29 is 14.1 Å². The van der Waals surface area contributed by atoms with E-state index in [2.05, 4.69) is 47.1 Å². The maximum atomic E-state index is 14.0. The van der Waals surface area contributed by atoms with Gasteiger partial charge in [-0.15, -0.1) is 0 Å². The number of rotatable bonds is 5. The van der Waals surface area contributed by atoms with E-state index in [0.29, 0.717) is 10.2 Å². The number of nitrogens with zero attached hydrogens (tertiary/aromatic N) is 3. The number of benzene rings is 2. The van der Waals surface area contributed by atoms with E-state index in [1.807, 2.05) is 0 Å². The average molecular weight is 484 g/mol. The van der Waals surface area contributed by atoms with Crippen molar-refractivity contribution in [1.29, 1.82) is 0 Å². The van der Waals surface area contributed by atoms with Crippen molar-refractivity contribution in [2.75, 3.05) is 5.32 Å². The Bertz CT molecular complexity index is 970. The van der Waals surface area contributed by atoms with Crippen LogP contribution in [0.2, 0.25) is 0 Å². The van der Waals surface area contributed by atoms with E-state index in [0.717, 1.165) is 10.8 Å². The number of aromatic nitrogens is 2. The molecule has 0 aliphatic carbocycles. The summed E-state index contributed by atoms with van der Waals surface area (Å²) in [5.74, 6) is -0.677. The van der Waals surface area contributed by atoms with Crippen LogP contribution in [0.5, 0.6) is 11.6 Å². The van der Waals surface area contributed by atoms with Crippen LogP contribution in [-0.2, 0) is 0 Å². The van der Waals surface area contributed by atoms with Crippen molar-refractivity contribution in [3.05, 3.63) is 73.7 Å². The molecule has 0 amide bonds. The first-order valence-electron chi connectivity index (χ1n) is 7.09. The number of anilines is 2. The fourth-order valence-electron chi connectivity index (χ4n) is 2.03. The zero-order valence-corrected chi connectivity index (χ0v) is 16.0. The van der Waals surface area contributed by atoms with Gasteiger partial charge in [-0.05, 0) is 42.5 Å². The summed E-state index contributed by atoms with van der Waals surface area (Å²) in [4.78, 5) is 18.5. The fraction of sp³-hybridized carbons (Fsp3) is 0. The van der Waals surface area contributed by atoms with Crippen molar-refractivity contribution in [3.8, 4) is 11.6 Å². The molecule has 132 valence electrons. The summed E-state index contributed by atoms with van der Waals surface area (Å²) >= 11 is 6.44. The minimum atomic E-state index is -0.687. The van der Waals surface area contributed by atoms with Crippen molar-refractivity contribution >= 4 is 49.1 Å². The SMILES string of the molecule is O=[N+]([O-])c1c(Nc2ccc(Br)cc2F)ncnc1Oc1ccc(Br)cc1. The van der Waals surface area contributed by atoms with E-state index in [9.17, 15) is 14.5 Å². The molecule has 0 unspecified atom stereocenters. The second kappa shape index (κ2) is 7.75. The highest BCUT2D eigenvalue weighted by molar-refractivity contribution is 9.10. The number of halogens is 3. The number of nitro groups is 1. The Kier molecular flexibility index (Phi) is 5.43. The molecule has 7 nitrogen and oxygen atoms in total. The molecule has 0 atom stereocenters. The molecule has 0 saturated carbocycles. The monoisotopic (exact) mass is 482 g/mol. The third-order valence-electron chi connectivity index (χ3n) is 3.18. The van der Waals surface area contributed by atoms with E-state index in [4.69, 9.17) is 4.74 Å². The van der Waals surface area contributed by atoms with Crippen LogP contribution in [0.4, 0.5) is 21.6 Å². The average Bonchev–Trinajstić information content (AvgIpc) is 2.59. The summed E-state index contributed by atoms with van der Waals surface area (Å²) < 4.78 is 20.9. The summed E-state index contributed by atoms with van der Waals surface area (Å²) in [6.45, 7) is 0. The van der Waals surface area contributed by atoms with E-state index >= 15 is 0 Å². The molecular formula is C16H9Br2FN4O3. The van der Waals surface area contributed by atoms with Gasteiger partial charge in [0, 0.05) is 8.95 Å². The van der Waals surface area contributed by atoms with Gasteiger partial charge in [-0.2, -0.15) is 4.98 Å². The standard InChI is InChI=1S/C16H9Br2FN4O3/c17-9-1-4-11(5-2-9)26-16-14(23(24)25)15(20-8-21-16)22-13-6-3-10(18)7-12(13)19/h1-8H,(H,20,21,22). The predicted octanol–water partition coefficient (Wildman–Crippen LogP) is 5.58. The molecule has 0 aliphatic rings. The Balaban J connectivity index is 1.98. The minimum Gasteiger partial charge on any atom is -0.434 e. The summed E-state index contributed by atoms with van der Waals surface area (Å²) in [5.41, 5.74) is -0.470. The molecule has 0 spiro atoms. The van der Waals surface area contributed by atoms with E-state index in [1.165, 1.54) is 12.1 Å². The maximum Gasteiger partial charge on any atom is 0.373 e. The lowest BCUT2D eigenvalue weighted by atomic mass is 10.3. The van der Waals surface area contributed by atoms with Gasteiger partial charge in [0.1, 0.15) is 17.9 Å². The van der Waals surface area contributed by atoms with Gasteiger partial charge in [-0.3, -0.25) is 10.1 Å². The van der Waals surface area contributed by atoms with Crippen molar-refractivity contribution in [2.24, 2.45) is 0 Å². The first-order chi connectivity index (χ1) is 12.4. The summed E-state index contributed by atoms with van der Waals surface area (Å²) in [7, 11) is 0. The zero-order chi connectivity index (χ0) is 18.7. The molecule has 3 aromatic rings. The van der Waals surface area contributed by atoms with Gasteiger partial charge in [0.05, 0.1) is 10.6 Å². The third-order valence-corrected chi connectivity index (χ3v) is 4.21. The Morgan fingerprint density at radius 2 is 1.77 bits per heavy atom. The van der Waals surface area contributed by atoms with Gasteiger partial charge >= 0.3 is 11.6 Å². The van der Waals surface area contributed by atoms with E-state index < -0.39 is 16.4 Å². The van der Waals surface area contributed by atoms with Gasteiger partial charge in [-0.1, -0.05) is 31.9 Å². The Labute approximate surface area is 163 Å². The zero-order valence-electron chi connectivity index (χ0n) is 12.8. The summed E-state index contributed by atoms with van der Waals surface area (Å²) in [6, 6.07) is 10.9. The van der Waals surface area contributed by atoms with Gasteiger partial charge < -0.3 is 10.1 Å². The highest BCUT2D eigenvalue weighted by atomic mass is 79.9. The molecule has 0 saturated heterocycles. The van der Waals surface area contributed by atoms with Crippen LogP contribution in [0, 0.1) is 15.9 Å². The molecule has 1 heterocycles. The fourth-order valence-corrected chi connectivity index (χ4v) is 2.62. The Morgan fingerprint density at radius 1 is 1.08 bits per heavy atom. The third kappa shape index (κ3) is 4.14. The minimum absolute atomic E-state index is 0.0320. The highest BCUT2D eigenvalue weighted by Gasteiger charge is 2.25. The molecule has 0 bridgehead atoms. The lowest BCUT2D eigenvalue weighted by Crippen LogP contribution is -2.04. The molecule has 0 fully saturated rings. The van der Waals surface area contributed by atoms with Crippen LogP contribution < -0.4 is 10.1 Å². The Morgan fingerprint density at radius 3 is 2.42 bits per heavy atom. The molecule has 10 heteroatoms. The quantitative estimate of drug-likeness (QED) is 0.376.